The van der Waals surface area contributed by atoms with E-state index in [2.05, 4.69) is 6.07 Å². The molecule has 1 aliphatic carbocycles. The van der Waals surface area contributed by atoms with Gasteiger partial charge in [-0.05, 0) is 42.9 Å². The van der Waals surface area contributed by atoms with Gasteiger partial charge in [-0.15, -0.1) is 0 Å². The standard InChI is InChI=1S/C15H24NO2P/c1-3-19(17,4-2)11-18-14-10-9-12-7-5-6-8-13(12)15(14)16/h9-10H,3-8,11,16H2,1-2H3. The third-order valence-corrected chi connectivity index (χ3v) is 7.05. The first-order valence-electron chi connectivity index (χ1n) is 7.19. The highest BCUT2D eigenvalue weighted by molar-refractivity contribution is 7.63. The number of anilines is 1. The zero-order valence-electron chi connectivity index (χ0n) is 11.9. The fourth-order valence-electron chi connectivity index (χ4n) is 2.55. The van der Waals surface area contributed by atoms with Crippen LogP contribution in [-0.2, 0) is 17.4 Å². The SMILES string of the molecule is CCP(=O)(CC)COc1ccc2c(c1N)CCCC2. The van der Waals surface area contributed by atoms with E-state index in [4.69, 9.17) is 10.5 Å². The van der Waals surface area contributed by atoms with Crippen LogP contribution in [0.2, 0.25) is 0 Å². The third kappa shape index (κ3) is 3.14. The Morgan fingerprint density at radius 1 is 1.21 bits per heavy atom. The first-order valence-corrected chi connectivity index (χ1v) is 9.46. The van der Waals surface area contributed by atoms with Crippen molar-refractivity contribution < 1.29 is 9.30 Å². The number of fused-ring (bicyclic) bond motifs is 1. The van der Waals surface area contributed by atoms with E-state index in [1.807, 2.05) is 19.9 Å². The Bertz CT molecular complexity index is 491. The molecule has 19 heavy (non-hydrogen) atoms. The minimum absolute atomic E-state index is 0.309. The molecule has 2 N–H and O–H groups in total. The first-order chi connectivity index (χ1) is 9.09. The van der Waals surface area contributed by atoms with Gasteiger partial charge in [0.1, 0.15) is 19.2 Å². The molecule has 3 nitrogen and oxygen atoms in total. The summed E-state index contributed by atoms with van der Waals surface area (Å²) in [6.07, 6.45) is 6.28. The van der Waals surface area contributed by atoms with Crippen molar-refractivity contribution in [3.63, 3.8) is 0 Å². The maximum Gasteiger partial charge on any atom is 0.143 e. The molecule has 0 unspecified atom stereocenters. The Morgan fingerprint density at radius 3 is 2.58 bits per heavy atom. The molecule has 0 fully saturated rings. The van der Waals surface area contributed by atoms with Gasteiger partial charge in [0.2, 0.25) is 0 Å². The zero-order valence-corrected chi connectivity index (χ0v) is 12.8. The van der Waals surface area contributed by atoms with E-state index in [1.54, 1.807) is 0 Å². The van der Waals surface area contributed by atoms with Crippen molar-refractivity contribution >= 4 is 12.8 Å². The van der Waals surface area contributed by atoms with Gasteiger partial charge in [0.25, 0.3) is 0 Å². The number of hydrogen-bond donors (Lipinski definition) is 1. The average molecular weight is 281 g/mol. The summed E-state index contributed by atoms with van der Waals surface area (Å²) in [6.45, 7) is 3.92. The van der Waals surface area contributed by atoms with Crippen LogP contribution in [0.25, 0.3) is 0 Å². The minimum atomic E-state index is -2.17. The van der Waals surface area contributed by atoms with Crippen LogP contribution in [0, 0.1) is 0 Å². The van der Waals surface area contributed by atoms with Crippen molar-refractivity contribution in [1.82, 2.24) is 0 Å². The van der Waals surface area contributed by atoms with E-state index in [1.165, 1.54) is 24.0 Å². The quantitative estimate of drug-likeness (QED) is 0.658. The van der Waals surface area contributed by atoms with Gasteiger partial charge in [-0.1, -0.05) is 19.9 Å². The van der Waals surface area contributed by atoms with Crippen LogP contribution >= 0.6 is 7.14 Å². The molecule has 2 rings (SSSR count). The molecule has 0 aromatic heterocycles. The van der Waals surface area contributed by atoms with Crippen molar-refractivity contribution in [2.75, 3.05) is 24.4 Å². The second-order valence-electron chi connectivity index (χ2n) is 5.29. The molecule has 1 aromatic rings. The van der Waals surface area contributed by atoms with Crippen LogP contribution in [0.4, 0.5) is 5.69 Å². The van der Waals surface area contributed by atoms with Gasteiger partial charge >= 0.3 is 0 Å². The smallest absolute Gasteiger partial charge is 0.143 e. The highest BCUT2D eigenvalue weighted by atomic mass is 31.2. The molecular formula is C15H24NO2P. The number of nitrogen functional groups attached to an aromatic ring is 1. The van der Waals surface area contributed by atoms with E-state index < -0.39 is 7.14 Å². The molecule has 0 heterocycles. The van der Waals surface area contributed by atoms with Crippen LogP contribution in [0.5, 0.6) is 5.75 Å². The fraction of sp³-hybridized carbons (Fsp3) is 0.600. The Balaban J connectivity index is 2.16. The van der Waals surface area contributed by atoms with E-state index in [9.17, 15) is 4.57 Å². The Kier molecular flexibility index (Phi) is 4.57. The van der Waals surface area contributed by atoms with Gasteiger partial charge in [0, 0.05) is 12.3 Å². The monoisotopic (exact) mass is 281 g/mol. The number of benzene rings is 1. The average Bonchev–Trinajstić information content (AvgIpc) is 2.46. The predicted octanol–water partition coefficient (Wildman–Crippen LogP) is 3.89. The Labute approximate surface area is 115 Å². The van der Waals surface area contributed by atoms with Crippen molar-refractivity contribution in [3.8, 4) is 5.75 Å². The lowest BCUT2D eigenvalue weighted by atomic mass is 9.90. The van der Waals surface area contributed by atoms with Crippen LogP contribution in [0.1, 0.15) is 37.8 Å². The maximum absolute atomic E-state index is 12.4. The van der Waals surface area contributed by atoms with Crippen molar-refractivity contribution in [2.24, 2.45) is 0 Å². The number of rotatable bonds is 5. The molecule has 0 saturated carbocycles. The van der Waals surface area contributed by atoms with E-state index >= 15 is 0 Å². The molecular weight excluding hydrogens is 257 g/mol. The first kappa shape index (κ1) is 14.5. The van der Waals surface area contributed by atoms with Gasteiger partial charge < -0.3 is 15.0 Å². The second-order valence-corrected chi connectivity index (χ2v) is 8.93. The molecule has 106 valence electrons. The summed E-state index contributed by atoms with van der Waals surface area (Å²) in [4.78, 5) is 0. The zero-order chi connectivity index (χ0) is 13.9. The van der Waals surface area contributed by atoms with E-state index in [0.29, 0.717) is 24.4 Å². The van der Waals surface area contributed by atoms with Crippen molar-refractivity contribution in [1.29, 1.82) is 0 Å². The van der Waals surface area contributed by atoms with Crippen molar-refractivity contribution in [3.05, 3.63) is 23.3 Å². The molecule has 0 spiro atoms. The number of hydrogen-bond acceptors (Lipinski definition) is 3. The van der Waals surface area contributed by atoms with Crippen LogP contribution < -0.4 is 10.5 Å². The number of nitrogens with two attached hydrogens (primary N) is 1. The maximum atomic E-state index is 12.4. The Morgan fingerprint density at radius 2 is 1.89 bits per heavy atom. The fourth-order valence-corrected chi connectivity index (χ4v) is 3.74. The normalized spacial score (nSPS) is 15.1. The lowest BCUT2D eigenvalue weighted by Crippen LogP contribution is -2.10. The molecule has 0 amide bonds. The second kappa shape index (κ2) is 6.00. The van der Waals surface area contributed by atoms with Crippen LogP contribution in [0.15, 0.2) is 12.1 Å². The van der Waals surface area contributed by atoms with Gasteiger partial charge in [-0.25, -0.2) is 0 Å². The van der Waals surface area contributed by atoms with Gasteiger partial charge in [-0.2, -0.15) is 0 Å². The van der Waals surface area contributed by atoms with Gasteiger partial charge in [0.15, 0.2) is 0 Å². The largest absolute Gasteiger partial charge is 0.484 e. The summed E-state index contributed by atoms with van der Waals surface area (Å²) in [7, 11) is -2.17. The topological polar surface area (TPSA) is 52.3 Å². The molecule has 0 bridgehead atoms. The van der Waals surface area contributed by atoms with Gasteiger partial charge in [-0.3, -0.25) is 0 Å². The number of aryl methyl sites for hydroxylation is 1. The van der Waals surface area contributed by atoms with Crippen LogP contribution in [0.3, 0.4) is 0 Å². The van der Waals surface area contributed by atoms with Crippen molar-refractivity contribution in [2.45, 2.75) is 39.5 Å². The highest BCUT2D eigenvalue weighted by Gasteiger charge is 2.20. The molecule has 0 radical (unpaired) electrons. The summed E-state index contributed by atoms with van der Waals surface area (Å²) in [5.41, 5.74) is 9.56. The molecule has 1 aromatic carbocycles. The molecule has 0 aliphatic heterocycles. The molecule has 0 saturated heterocycles. The molecule has 4 heteroatoms. The van der Waals surface area contributed by atoms with Crippen LogP contribution in [-0.4, -0.2) is 18.7 Å². The minimum Gasteiger partial charge on any atom is -0.484 e. The third-order valence-electron chi connectivity index (χ3n) is 4.14. The summed E-state index contributed by atoms with van der Waals surface area (Å²) >= 11 is 0. The summed E-state index contributed by atoms with van der Waals surface area (Å²) < 4.78 is 18.1. The predicted molar refractivity (Wildman–Crippen MR) is 81.7 cm³/mol. The number of ether oxygens (including phenoxy) is 1. The lowest BCUT2D eigenvalue weighted by Gasteiger charge is -2.21. The molecule has 1 aliphatic rings. The Hall–Kier alpha value is -0.950. The summed E-state index contributed by atoms with van der Waals surface area (Å²) in [6, 6.07) is 4.05. The molecule has 0 atom stereocenters. The van der Waals surface area contributed by atoms with E-state index in [0.717, 1.165) is 18.5 Å². The van der Waals surface area contributed by atoms with Gasteiger partial charge in [0.05, 0.1) is 5.69 Å². The summed E-state index contributed by atoms with van der Waals surface area (Å²) in [5.74, 6) is 0.711. The highest BCUT2D eigenvalue weighted by Crippen LogP contribution is 2.45. The van der Waals surface area contributed by atoms with E-state index in [-0.39, 0.29) is 0 Å². The summed E-state index contributed by atoms with van der Waals surface area (Å²) in [5, 5.41) is 0. The lowest BCUT2D eigenvalue weighted by molar-refractivity contribution is 0.377.